The van der Waals surface area contributed by atoms with Crippen LogP contribution < -0.4 is 16.0 Å². The molecule has 5 fully saturated rings. The van der Waals surface area contributed by atoms with Gasteiger partial charge in [-0.15, -0.1) is 10.2 Å². The summed E-state index contributed by atoms with van der Waals surface area (Å²) in [4.78, 5) is 143. The van der Waals surface area contributed by atoms with Crippen molar-refractivity contribution in [1.29, 1.82) is 0 Å². The summed E-state index contributed by atoms with van der Waals surface area (Å²) in [5, 5.41) is 101. The Morgan fingerprint density at radius 1 is 0.647 bits per heavy atom. The quantitative estimate of drug-likeness (QED) is 0.0154. The van der Waals surface area contributed by atoms with Crippen molar-refractivity contribution in [2.75, 3.05) is 33.0 Å². The highest BCUT2D eigenvalue weighted by atomic mass is 16.7. The molecular formula is C79H99N9O28. The molecule has 6 aliphatic rings. The number of amides is 3. The molecule has 11 rings (SSSR count). The van der Waals surface area contributed by atoms with E-state index in [-0.39, 0.29) is 99.1 Å². The second-order valence-electron chi connectivity index (χ2n) is 30.5. The van der Waals surface area contributed by atoms with Crippen molar-refractivity contribution in [2.45, 2.75) is 235 Å². The van der Waals surface area contributed by atoms with E-state index >= 15 is 14.4 Å². The van der Waals surface area contributed by atoms with E-state index in [0.717, 1.165) is 13.8 Å². The number of aromatic nitrogens is 6. The molecule has 2 aromatic heterocycles. The van der Waals surface area contributed by atoms with Crippen LogP contribution in [0.15, 0.2) is 115 Å². The SMILES string of the molecule is CC(=O)N[C@H]1[C@H](OCCn2cc(CCCC(=O)O[C@H]3C[C@H]4OC[C@@]4(OC(C)=O)[C@H]4[C@H](OC(=O)c5ccccc5)[C@]5(O)C[C@H](OC(=O)[C@H](OC(=O)CCCc6cn(CCO[C@@H]7O[C@H](CO)[C@H](O)[C@H](O)[C@H]7NC(C)=O)nn6)[C@@H](NC(=O)c6ccccc6)c6ccccc6)C(C)=C([C@@H](OC(C)=O)C(=O)[C@]34C)C5(C)C)nn2)O[C@H](CO)[C@H](O)[C@@H]1O. The number of aliphatic hydroxyl groups is 7. The number of esters is 6. The van der Waals surface area contributed by atoms with Crippen molar-refractivity contribution in [3.8, 4) is 0 Å². The first-order valence-electron chi connectivity index (χ1n) is 38.3. The number of aliphatic hydroxyl groups excluding tert-OH is 6. The average molecular weight is 1620 g/mol. The Balaban J connectivity index is 0.887. The number of hydrogen-bond donors (Lipinski definition) is 10. The predicted molar refractivity (Wildman–Crippen MR) is 394 cm³/mol. The van der Waals surface area contributed by atoms with Crippen LogP contribution in [0.5, 0.6) is 0 Å². The van der Waals surface area contributed by atoms with Crippen LogP contribution in [0.25, 0.3) is 0 Å². The normalized spacial score (nSPS) is 30.4. The van der Waals surface area contributed by atoms with Gasteiger partial charge in [0.25, 0.3) is 5.91 Å². The van der Waals surface area contributed by atoms with Crippen LogP contribution in [0, 0.1) is 16.7 Å². The molecule has 5 heterocycles. The Kier molecular flexibility index (Phi) is 27.8. The molecular weight excluding hydrogens is 1520 g/mol. The molecule has 21 atom stereocenters. The topological polar surface area (TPSA) is 511 Å². The minimum atomic E-state index is -2.67. The van der Waals surface area contributed by atoms with E-state index in [4.69, 9.17) is 52.1 Å². The molecule has 116 heavy (non-hydrogen) atoms. The second-order valence-corrected chi connectivity index (χ2v) is 30.5. The first kappa shape index (κ1) is 86.9. The summed E-state index contributed by atoms with van der Waals surface area (Å²) in [7, 11) is 0. The number of aryl methyl sites for hydroxylation is 2. The van der Waals surface area contributed by atoms with E-state index in [1.54, 1.807) is 79.1 Å². The summed E-state index contributed by atoms with van der Waals surface area (Å²) in [6, 6.07) is 19.6. The smallest absolute Gasteiger partial charge is 0.350 e. The van der Waals surface area contributed by atoms with Gasteiger partial charge < -0.3 is 104 Å². The number of nitrogens with zero attached hydrogens (tertiary/aromatic N) is 6. The minimum absolute atomic E-state index is 0.0153. The fourth-order valence-corrected chi connectivity index (χ4v) is 16.6. The summed E-state index contributed by atoms with van der Waals surface area (Å²) in [5.41, 5.74) is -7.92. The van der Waals surface area contributed by atoms with Crippen LogP contribution >= 0.6 is 0 Å². The molecule has 0 radical (unpaired) electrons. The molecule has 3 amide bonds. The summed E-state index contributed by atoms with van der Waals surface area (Å²) < 4.78 is 70.5. The van der Waals surface area contributed by atoms with Gasteiger partial charge in [0, 0.05) is 76.8 Å². The van der Waals surface area contributed by atoms with Crippen molar-refractivity contribution in [1.82, 2.24) is 45.9 Å². The Bertz CT molecular complexity index is 4380. The van der Waals surface area contributed by atoms with Crippen molar-refractivity contribution in [3.63, 3.8) is 0 Å². The van der Waals surface area contributed by atoms with Gasteiger partial charge in [0.05, 0.1) is 74.4 Å². The highest BCUT2D eigenvalue weighted by Gasteiger charge is 2.79. The molecule has 3 aliphatic heterocycles. The number of hydrogen-bond acceptors (Lipinski definition) is 32. The van der Waals surface area contributed by atoms with Gasteiger partial charge in [-0.2, -0.15) is 0 Å². The minimum Gasteiger partial charge on any atom is -0.461 e. The van der Waals surface area contributed by atoms with Crippen molar-refractivity contribution >= 4 is 59.3 Å². The number of ketones is 1. The molecule has 3 aromatic carbocycles. The van der Waals surface area contributed by atoms with Gasteiger partial charge in [-0.25, -0.2) is 19.0 Å². The van der Waals surface area contributed by atoms with Gasteiger partial charge >= 0.3 is 35.8 Å². The van der Waals surface area contributed by atoms with Gasteiger partial charge in [-0.3, -0.25) is 38.4 Å². The molecule has 2 bridgehead atoms. The predicted octanol–water partition coefficient (Wildman–Crippen LogP) is -0.0131. The third-order valence-corrected chi connectivity index (χ3v) is 22.5. The second kappa shape index (κ2) is 37.1. The third-order valence-electron chi connectivity index (χ3n) is 22.5. The number of benzene rings is 3. The Morgan fingerprint density at radius 3 is 1.66 bits per heavy atom. The lowest BCUT2D eigenvalue weighted by atomic mass is 9.44. The summed E-state index contributed by atoms with van der Waals surface area (Å²) >= 11 is 0. The Morgan fingerprint density at radius 2 is 1.16 bits per heavy atom. The monoisotopic (exact) mass is 1620 g/mol. The molecule has 10 N–H and O–H groups in total. The molecule has 3 saturated heterocycles. The zero-order chi connectivity index (χ0) is 83.7. The van der Waals surface area contributed by atoms with Crippen LogP contribution in [-0.2, 0) is 116 Å². The maximum absolute atomic E-state index is 16.8. The molecule has 5 aromatic rings. The van der Waals surface area contributed by atoms with E-state index in [9.17, 15) is 69.3 Å². The number of carbonyl (C=O) groups is 10. The summed E-state index contributed by atoms with van der Waals surface area (Å²) in [6.07, 6.45) is -20.3. The van der Waals surface area contributed by atoms with Gasteiger partial charge in [-0.1, -0.05) is 91.0 Å². The Hall–Kier alpha value is -9.90. The number of carbonyl (C=O) groups excluding carboxylic acids is 10. The largest absolute Gasteiger partial charge is 0.461 e. The highest BCUT2D eigenvalue weighted by molar-refractivity contribution is 5.97. The first-order chi connectivity index (χ1) is 55.2. The van der Waals surface area contributed by atoms with Crippen LogP contribution in [0.3, 0.4) is 0 Å². The summed E-state index contributed by atoms with van der Waals surface area (Å²) in [5.74, 6) is -10.8. The average Bonchev–Trinajstić information content (AvgIpc) is 0.683. The van der Waals surface area contributed by atoms with Crippen LogP contribution in [0.1, 0.15) is 138 Å². The maximum Gasteiger partial charge on any atom is 0.350 e. The number of nitrogens with one attached hydrogen (secondary N) is 3. The van der Waals surface area contributed by atoms with Crippen molar-refractivity contribution in [3.05, 3.63) is 143 Å². The van der Waals surface area contributed by atoms with E-state index in [1.807, 2.05) is 0 Å². The van der Waals surface area contributed by atoms with E-state index in [1.165, 1.54) is 75.2 Å². The number of fused-ring (bicyclic) bond motifs is 5. The lowest BCUT2D eigenvalue weighted by Gasteiger charge is -2.67. The van der Waals surface area contributed by atoms with Gasteiger partial charge in [-0.05, 0) is 80.5 Å². The molecule has 37 heteroatoms. The number of Topliss-reactive ketones (excluding diaryl/α,β-unsaturated/α-hetero) is 1. The fraction of sp³-hybridized carbons (Fsp3) is 0.570. The molecule has 3 aliphatic carbocycles. The lowest BCUT2D eigenvalue weighted by Crippen LogP contribution is -2.82. The molecule has 0 unspecified atom stereocenters. The molecule has 0 spiro atoms. The highest BCUT2D eigenvalue weighted by Crippen LogP contribution is 2.65. The molecule has 628 valence electrons. The van der Waals surface area contributed by atoms with Gasteiger partial charge in [0.15, 0.2) is 30.1 Å². The number of ether oxygens (including phenoxy) is 11. The van der Waals surface area contributed by atoms with Crippen LogP contribution in [-0.4, -0.2) is 267 Å². The fourth-order valence-electron chi connectivity index (χ4n) is 16.6. The van der Waals surface area contributed by atoms with Crippen molar-refractivity contribution < 1.29 is 136 Å². The van der Waals surface area contributed by atoms with Gasteiger partial charge in [0.1, 0.15) is 84.8 Å². The van der Waals surface area contributed by atoms with Crippen molar-refractivity contribution in [2.24, 2.45) is 16.7 Å². The lowest BCUT2D eigenvalue weighted by molar-refractivity contribution is -0.346. The van der Waals surface area contributed by atoms with Crippen LogP contribution in [0.4, 0.5) is 0 Å². The molecule has 37 nitrogen and oxygen atoms in total. The number of rotatable bonds is 32. The zero-order valence-corrected chi connectivity index (χ0v) is 65.2. The van der Waals surface area contributed by atoms with E-state index in [2.05, 4.69) is 36.6 Å². The van der Waals surface area contributed by atoms with E-state index in [0.29, 0.717) is 11.4 Å². The molecule has 2 saturated carbocycles. The summed E-state index contributed by atoms with van der Waals surface area (Å²) in [6.45, 7) is 8.47. The standard InChI is InChI=1S/C79H99N9O28/c1-41-51(110-73(104)67(59(46-20-12-9-13-21-46)82-71(102)47-22-14-10-15-23-47)114-57(96)29-19-27-50-37-88(86-84-50)31-33-107-75-61(81-43(3)92)65(100)63(98)53(39-90)112-75)35-79(105)70(115-72(103)48-24-16-11-17-25-48)68-77(8,69(101)66(109-44(4)93)58(41)76(79,6)7)54(34-55-78(68,40-108-55)116-45(5)94)113-56(95)28-18-26-49-36-87(85-83-49)30-32-106-74-60(80-42(2)91)64(99)62(97)52(38-89)111-74/h9-17,20-25,36-37,51-55,59-68,70,74-75,89-90,97-100,105H,18-19,26-35,38-40H2,1-8H3,(H,80,91)(H,81,92)(H,82,102)/t51-,52+,53+,54-,55+,59-,60+,61+,62-,63-,64+,65+,66+,67+,68-,70-,74+,75+,77+,78-,79+/m0/s1. The first-order valence-corrected chi connectivity index (χ1v) is 38.3. The maximum atomic E-state index is 16.8. The van der Waals surface area contributed by atoms with E-state index < -0.39 is 217 Å². The Labute approximate surface area is 665 Å². The third kappa shape index (κ3) is 18.7. The van der Waals surface area contributed by atoms with Gasteiger partial charge in [0.2, 0.25) is 17.9 Å². The zero-order valence-electron chi connectivity index (χ0n) is 65.2. The van der Waals surface area contributed by atoms with Crippen LogP contribution in [0.2, 0.25) is 0 Å².